The van der Waals surface area contributed by atoms with Crippen molar-refractivity contribution in [1.29, 1.82) is 0 Å². The highest BCUT2D eigenvalue weighted by Crippen LogP contribution is 2.31. The second kappa shape index (κ2) is 12.4. The van der Waals surface area contributed by atoms with Crippen molar-refractivity contribution in [3.8, 4) is 0 Å². The molecular formula is C27H45N3O5. The number of nitrogens with one attached hydrogen (secondary N) is 2. The summed E-state index contributed by atoms with van der Waals surface area (Å²) in [6.07, 6.45) is 0.890. The summed E-state index contributed by atoms with van der Waals surface area (Å²) in [6.45, 7) is 17.8. The first kappa shape index (κ1) is 30.4. The Labute approximate surface area is 210 Å². The Morgan fingerprint density at radius 2 is 1.54 bits per heavy atom. The third kappa shape index (κ3) is 9.51. The lowest BCUT2D eigenvalue weighted by molar-refractivity contribution is -0.149. The van der Waals surface area contributed by atoms with Crippen LogP contribution in [-0.4, -0.2) is 57.7 Å². The molecule has 0 spiro atoms. The maximum Gasteiger partial charge on any atom is 0.408 e. The van der Waals surface area contributed by atoms with Crippen LogP contribution in [0, 0.1) is 13.8 Å². The van der Waals surface area contributed by atoms with E-state index in [1.807, 2.05) is 66.7 Å². The molecule has 0 aliphatic heterocycles. The van der Waals surface area contributed by atoms with Gasteiger partial charge in [-0.2, -0.15) is 0 Å². The molecule has 8 heteroatoms. The summed E-state index contributed by atoms with van der Waals surface area (Å²) in [5.74, 6) is -0.888. The van der Waals surface area contributed by atoms with Crippen molar-refractivity contribution in [3.05, 3.63) is 34.9 Å². The Kier molecular flexibility index (Phi) is 10.8. The van der Waals surface area contributed by atoms with Crippen molar-refractivity contribution in [2.24, 2.45) is 0 Å². The van der Waals surface area contributed by atoms with Crippen LogP contribution in [0.1, 0.15) is 91.0 Å². The highest BCUT2D eigenvalue weighted by molar-refractivity contribution is 5.92. The van der Waals surface area contributed by atoms with Crippen LogP contribution in [0.2, 0.25) is 0 Å². The minimum absolute atomic E-state index is 0.0775. The number of alkyl carbamates (subject to hydrolysis) is 1. The quantitative estimate of drug-likeness (QED) is 0.481. The molecule has 3 amide bonds. The highest BCUT2D eigenvalue weighted by Gasteiger charge is 2.42. The standard InChI is InChI=1S/C27H45N3O5/c1-11-12-19(4)28-23(32)22(20-14-17(2)13-18(3)15-20)30(26(5,6)7)24(33)21(16-31)29-25(34)35-27(8,9)10/h13-15,19,21-22,31H,11-12,16H2,1-10H3,(H,28,32)(H,29,34). The lowest BCUT2D eigenvalue weighted by Crippen LogP contribution is -2.59. The summed E-state index contributed by atoms with van der Waals surface area (Å²) in [5.41, 5.74) is 1.01. The van der Waals surface area contributed by atoms with E-state index < -0.39 is 41.8 Å². The monoisotopic (exact) mass is 491 g/mol. The van der Waals surface area contributed by atoms with Gasteiger partial charge in [0.25, 0.3) is 0 Å². The molecule has 35 heavy (non-hydrogen) atoms. The maximum absolute atomic E-state index is 13.8. The number of hydrogen-bond acceptors (Lipinski definition) is 5. The molecule has 0 heterocycles. The fourth-order valence-corrected chi connectivity index (χ4v) is 4.06. The molecule has 0 fully saturated rings. The van der Waals surface area contributed by atoms with Gasteiger partial charge in [-0.3, -0.25) is 9.59 Å². The Bertz CT molecular complexity index is 866. The summed E-state index contributed by atoms with van der Waals surface area (Å²) in [4.78, 5) is 41.4. The number of aliphatic hydroxyl groups excluding tert-OH is 1. The number of carbonyl (C=O) groups is 3. The second-order valence-corrected chi connectivity index (χ2v) is 11.3. The Morgan fingerprint density at radius 3 is 1.97 bits per heavy atom. The summed E-state index contributed by atoms with van der Waals surface area (Å²) in [5, 5.41) is 15.6. The summed E-state index contributed by atoms with van der Waals surface area (Å²) in [7, 11) is 0. The highest BCUT2D eigenvalue weighted by atomic mass is 16.6. The van der Waals surface area contributed by atoms with Crippen LogP contribution in [0.5, 0.6) is 0 Å². The molecule has 0 saturated carbocycles. The van der Waals surface area contributed by atoms with Gasteiger partial charge in [0, 0.05) is 11.6 Å². The van der Waals surface area contributed by atoms with Crippen LogP contribution in [0.15, 0.2) is 18.2 Å². The zero-order chi connectivity index (χ0) is 27.1. The summed E-state index contributed by atoms with van der Waals surface area (Å²) < 4.78 is 5.28. The van der Waals surface area contributed by atoms with Crippen molar-refractivity contribution < 1.29 is 24.2 Å². The fraction of sp³-hybridized carbons (Fsp3) is 0.667. The molecule has 0 bridgehead atoms. The molecule has 1 rings (SSSR count). The first-order valence-electron chi connectivity index (χ1n) is 12.3. The molecule has 0 saturated heterocycles. The van der Waals surface area contributed by atoms with E-state index in [0.717, 1.165) is 24.0 Å². The lowest BCUT2D eigenvalue weighted by atomic mass is 9.93. The molecule has 3 unspecified atom stereocenters. The van der Waals surface area contributed by atoms with Gasteiger partial charge in [-0.05, 0) is 74.3 Å². The van der Waals surface area contributed by atoms with Crippen molar-refractivity contribution in [1.82, 2.24) is 15.5 Å². The number of carbonyl (C=O) groups excluding carboxylic acids is 3. The molecule has 8 nitrogen and oxygen atoms in total. The summed E-state index contributed by atoms with van der Waals surface area (Å²) >= 11 is 0. The van der Waals surface area contributed by atoms with Gasteiger partial charge < -0.3 is 25.4 Å². The van der Waals surface area contributed by atoms with E-state index in [0.29, 0.717) is 5.56 Å². The van der Waals surface area contributed by atoms with E-state index in [-0.39, 0.29) is 11.9 Å². The van der Waals surface area contributed by atoms with E-state index in [9.17, 15) is 19.5 Å². The largest absolute Gasteiger partial charge is 0.444 e. The predicted molar refractivity (Wildman–Crippen MR) is 138 cm³/mol. The molecule has 0 radical (unpaired) electrons. The van der Waals surface area contributed by atoms with Crippen LogP contribution < -0.4 is 10.6 Å². The topological polar surface area (TPSA) is 108 Å². The van der Waals surface area contributed by atoms with Crippen LogP contribution in [-0.2, 0) is 14.3 Å². The number of ether oxygens (including phenoxy) is 1. The second-order valence-electron chi connectivity index (χ2n) is 11.3. The van der Waals surface area contributed by atoms with Gasteiger partial charge in [0.05, 0.1) is 6.61 Å². The van der Waals surface area contributed by atoms with Gasteiger partial charge in [-0.25, -0.2) is 4.79 Å². The molecule has 198 valence electrons. The average Bonchev–Trinajstić information content (AvgIpc) is 2.66. The first-order chi connectivity index (χ1) is 16.0. The van der Waals surface area contributed by atoms with E-state index in [1.54, 1.807) is 20.8 Å². The van der Waals surface area contributed by atoms with Crippen LogP contribution in [0.3, 0.4) is 0 Å². The average molecular weight is 492 g/mol. The zero-order valence-electron chi connectivity index (χ0n) is 23.1. The molecule has 0 aliphatic rings. The number of hydrogen-bond donors (Lipinski definition) is 3. The number of benzene rings is 1. The molecule has 0 aromatic heterocycles. The van der Waals surface area contributed by atoms with Gasteiger partial charge in [0.15, 0.2) is 0 Å². The van der Waals surface area contributed by atoms with Crippen molar-refractivity contribution >= 4 is 17.9 Å². The molecule has 3 N–H and O–H groups in total. The van der Waals surface area contributed by atoms with Crippen molar-refractivity contribution in [2.75, 3.05) is 6.61 Å². The summed E-state index contributed by atoms with van der Waals surface area (Å²) in [6, 6.07) is 3.47. The molecule has 1 aromatic carbocycles. The van der Waals surface area contributed by atoms with Gasteiger partial charge in [0.2, 0.25) is 11.8 Å². The SMILES string of the molecule is CCCC(C)NC(=O)C(c1cc(C)cc(C)c1)N(C(=O)C(CO)NC(=O)OC(C)(C)C)C(C)(C)C. The molecule has 3 atom stereocenters. The number of aliphatic hydroxyl groups is 1. The number of rotatable bonds is 9. The molecule has 0 aliphatic carbocycles. The Hall–Kier alpha value is -2.61. The van der Waals surface area contributed by atoms with E-state index in [4.69, 9.17) is 4.74 Å². The minimum Gasteiger partial charge on any atom is -0.444 e. The van der Waals surface area contributed by atoms with Crippen LogP contribution >= 0.6 is 0 Å². The van der Waals surface area contributed by atoms with Gasteiger partial charge in [-0.15, -0.1) is 0 Å². The predicted octanol–water partition coefficient (Wildman–Crippen LogP) is 4.16. The Balaban J connectivity index is 3.54. The lowest BCUT2D eigenvalue weighted by Gasteiger charge is -2.43. The number of aryl methyl sites for hydroxylation is 2. The van der Waals surface area contributed by atoms with E-state index in [1.165, 1.54) is 4.90 Å². The Morgan fingerprint density at radius 1 is 1.00 bits per heavy atom. The van der Waals surface area contributed by atoms with Gasteiger partial charge in [0.1, 0.15) is 17.7 Å². The first-order valence-corrected chi connectivity index (χ1v) is 12.3. The van der Waals surface area contributed by atoms with E-state index in [2.05, 4.69) is 10.6 Å². The number of amides is 3. The third-order valence-electron chi connectivity index (χ3n) is 5.31. The zero-order valence-corrected chi connectivity index (χ0v) is 23.1. The number of nitrogens with zero attached hydrogens (tertiary/aromatic N) is 1. The third-order valence-corrected chi connectivity index (χ3v) is 5.31. The minimum atomic E-state index is -1.28. The van der Waals surface area contributed by atoms with Gasteiger partial charge >= 0.3 is 6.09 Å². The van der Waals surface area contributed by atoms with E-state index >= 15 is 0 Å². The molecule has 1 aromatic rings. The smallest absolute Gasteiger partial charge is 0.408 e. The van der Waals surface area contributed by atoms with Gasteiger partial charge in [-0.1, -0.05) is 42.7 Å². The fourth-order valence-electron chi connectivity index (χ4n) is 4.06. The maximum atomic E-state index is 13.8. The van der Waals surface area contributed by atoms with Crippen LogP contribution in [0.4, 0.5) is 4.79 Å². The normalized spacial score (nSPS) is 14.5. The van der Waals surface area contributed by atoms with Crippen molar-refractivity contribution in [2.45, 2.75) is 111 Å². The molecular weight excluding hydrogens is 446 g/mol. The van der Waals surface area contributed by atoms with Crippen LogP contribution in [0.25, 0.3) is 0 Å². The van der Waals surface area contributed by atoms with Crippen molar-refractivity contribution in [3.63, 3.8) is 0 Å².